The lowest BCUT2D eigenvalue weighted by Crippen LogP contribution is -2.17. The lowest BCUT2D eigenvalue weighted by molar-refractivity contribution is -0.133. The van der Waals surface area contributed by atoms with Gasteiger partial charge in [0.2, 0.25) is 0 Å². The number of ether oxygens (including phenoxy) is 4. The smallest absolute Gasteiger partial charge is 0.308 e. The molecule has 0 bridgehead atoms. The average Bonchev–Trinajstić information content (AvgIpc) is 2.60. The minimum absolute atomic E-state index is 0.274. The van der Waals surface area contributed by atoms with E-state index in [-0.39, 0.29) is 17.6 Å². The lowest BCUT2D eigenvalue weighted by Gasteiger charge is -2.28. The number of benzene rings is 2. The summed E-state index contributed by atoms with van der Waals surface area (Å²) in [6.45, 7) is 3.92. The normalized spacial score (nSPS) is 15.0. The zero-order chi connectivity index (χ0) is 20.3. The van der Waals surface area contributed by atoms with Crippen LogP contribution in [0.15, 0.2) is 36.4 Å². The molecule has 0 saturated heterocycles. The summed E-state index contributed by atoms with van der Waals surface area (Å²) in [5, 5.41) is 0. The minimum atomic E-state index is -0.491. The molecule has 7 nitrogen and oxygen atoms in total. The van der Waals surface area contributed by atoms with Gasteiger partial charge in [-0.25, -0.2) is 0 Å². The molecule has 1 heterocycles. The first-order valence-corrected chi connectivity index (χ1v) is 8.80. The summed E-state index contributed by atoms with van der Waals surface area (Å²) in [5.41, 5.74) is 1.66. The van der Waals surface area contributed by atoms with Gasteiger partial charge in [0.25, 0.3) is 0 Å². The van der Waals surface area contributed by atoms with Gasteiger partial charge >= 0.3 is 17.9 Å². The van der Waals surface area contributed by atoms with E-state index < -0.39 is 17.9 Å². The average molecular weight is 384 g/mol. The van der Waals surface area contributed by atoms with Gasteiger partial charge in [-0.2, -0.15) is 0 Å². The summed E-state index contributed by atoms with van der Waals surface area (Å²) in [6.07, 6.45) is 1.04. The van der Waals surface area contributed by atoms with E-state index >= 15 is 0 Å². The molecule has 0 spiro atoms. The van der Waals surface area contributed by atoms with Crippen molar-refractivity contribution in [2.75, 3.05) is 0 Å². The maximum absolute atomic E-state index is 11.5. The fourth-order valence-corrected chi connectivity index (χ4v) is 3.05. The van der Waals surface area contributed by atoms with Crippen LogP contribution in [-0.4, -0.2) is 17.9 Å². The maximum atomic E-state index is 11.5. The Morgan fingerprint density at radius 1 is 0.857 bits per heavy atom. The Morgan fingerprint density at radius 2 is 1.46 bits per heavy atom. The predicted octanol–water partition coefficient (Wildman–Crippen LogP) is 3.53. The van der Waals surface area contributed by atoms with E-state index in [1.165, 1.54) is 26.8 Å². The minimum Gasteiger partial charge on any atom is -0.485 e. The molecule has 28 heavy (non-hydrogen) atoms. The lowest BCUT2D eigenvalue weighted by atomic mass is 9.96. The Balaban J connectivity index is 1.90. The molecule has 0 aromatic heterocycles. The van der Waals surface area contributed by atoms with Crippen molar-refractivity contribution in [3.05, 3.63) is 47.5 Å². The van der Waals surface area contributed by atoms with Crippen LogP contribution < -0.4 is 18.9 Å². The number of carbonyl (C=O) groups excluding carboxylic acids is 3. The molecule has 1 unspecified atom stereocenters. The number of rotatable bonds is 4. The van der Waals surface area contributed by atoms with Gasteiger partial charge in [0.05, 0.1) is 0 Å². The highest BCUT2D eigenvalue weighted by Crippen LogP contribution is 2.40. The number of esters is 3. The SMILES string of the molecule is CC(=O)Oc1ccc2c(c1)OC(c1ccc(OC(C)=O)cc1OC(C)=O)CC2. The second-order valence-corrected chi connectivity index (χ2v) is 6.40. The Labute approximate surface area is 162 Å². The highest BCUT2D eigenvalue weighted by molar-refractivity contribution is 5.72. The van der Waals surface area contributed by atoms with Crippen molar-refractivity contribution < 1.29 is 33.3 Å². The largest absolute Gasteiger partial charge is 0.485 e. The molecule has 0 fully saturated rings. The molecule has 1 aliphatic rings. The van der Waals surface area contributed by atoms with Gasteiger partial charge in [-0.05, 0) is 36.6 Å². The fourth-order valence-electron chi connectivity index (χ4n) is 3.05. The molecular weight excluding hydrogens is 364 g/mol. The third-order valence-electron chi connectivity index (χ3n) is 4.09. The zero-order valence-corrected chi connectivity index (χ0v) is 15.8. The Kier molecular flexibility index (Phi) is 5.63. The highest BCUT2D eigenvalue weighted by atomic mass is 16.6. The molecule has 0 N–H and O–H groups in total. The molecular formula is C21H20O7. The van der Waals surface area contributed by atoms with Crippen LogP contribution >= 0.6 is 0 Å². The van der Waals surface area contributed by atoms with E-state index in [1.54, 1.807) is 24.3 Å². The summed E-state index contributed by atoms with van der Waals surface area (Å²) in [5.74, 6) is 0.185. The first kappa shape index (κ1) is 19.4. The van der Waals surface area contributed by atoms with Gasteiger partial charge in [-0.1, -0.05) is 6.07 Å². The van der Waals surface area contributed by atoms with Crippen molar-refractivity contribution in [3.8, 4) is 23.0 Å². The molecule has 146 valence electrons. The van der Waals surface area contributed by atoms with Crippen molar-refractivity contribution in [2.45, 2.75) is 39.7 Å². The Hall–Kier alpha value is -3.35. The molecule has 2 aromatic rings. The molecule has 0 aliphatic carbocycles. The van der Waals surface area contributed by atoms with E-state index in [1.807, 2.05) is 6.07 Å². The molecule has 7 heteroatoms. The fraction of sp³-hybridized carbons (Fsp3) is 0.286. The van der Waals surface area contributed by atoms with Crippen LogP contribution in [0.1, 0.15) is 44.4 Å². The monoisotopic (exact) mass is 384 g/mol. The van der Waals surface area contributed by atoms with Crippen LogP contribution in [0.4, 0.5) is 0 Å². The van der Waals surface area contributed by atoms with Crippen LogP contribution in [0.2, 0.25) is 0 Å². The number of fused-ring (bicyclic) bond motifs is 1. The molecule has 1 atom stereocenters. The molecule has 0 radical (unpaired) electrons. The zero-order valence-electron chi connectivity index (χ0n) is 15.8. The summed E-state index contributed by atoms with van der Waals surface area (Å²) >= 11 is 0. The molecule has 2 aromatic carbocycles. The van der Waals surface area contributed by atoms with Gasteiger partial charge in [0, 0.05) is 38.5 Å². The van der Waals surface area contributed by atoms with Crippen molar-refractivity contribution in [3.63, 3.8) is 0 Å². The second-order valence-electron chi connectivity index (χ2n) is 6.40. The maximum Gasteiger partial charge on any atom is 0.308 e. The van der Waals surface area contributed by atoms with Crippen LogP contribution in [0.5, 0.6) is 23.0 Å². The Bertz CT molecular complexity index is 932. The van der Waals surface area contributed by atoms with Crippen molar-refractivity contribution >= 4 is 17.9 Å². The van der Waals surface area contributed by atoms with Gasteiger partial charge in [0.1, 0.15) is 29.1 Å². The van der Waals surface area contributed by atoms with Crippen LogP contribution in [0.3, 0.4) is 0 Å². The van der Waals surface area contributed by atoms with Gasteiger partial charge in [-0.3, -0.25) is 14.4 Å². The van der Waals surface area contributed by atoms with E-state index in [0.717, 1.165) is 12.0 Å². The number of hydrogen-bond donors (Lipinski definition) is 0. The number of carbonyl (C=O) groups is 3. The summed E-state index contributed by atoms with van der Waals surface area (Å²) < 4.78 is 21.6. The molecule has 0 saturated carbocycles. The summed E-state index contributed by atoms with van der Waals surface area (Å²) in [6, 6.07) is 10.1. The van der Waals surface area contributed by atoms with Crippen LogP contribution in [-0.2, 0) is 20.8 Å². The van der Waals surface area contributed by atoms with Gasteiger partial charge < -0.3 is 18.9 Å². The summed E-state index contributed by atoms with van der Waals surface area (Å²) in [4.78, 5) is 33.9. The predicted molar refractivity (Wildman–Crippen MR) is 98.5 cm³/mol. The third kappa shape index (κ3) is 4.68. The van der Waals surface area contributed by atoms with Crippen molar-refractivity contribution in [2.24, 2.45) is 0 Å². The first-order valence-electron chi connectivity index (χ1n) is 8.80. The van der Waals surface area contributed by atoms with Gasteiger partial charge in [0.15, 0.2) is 0 Å². The highest BCUT2D eigenvalue weighted by Gasteiger charge is 2.26. The molecule has 1 aliphatic heterocycles. The van der Waals surface area contributed by atoms with Crippen molar-refractivity contribution in [1.82, 2.24) is 0 Å². The number of aryl methyl sites for hydroxylation is 1. The van der Waals surface area contributed by atoms with E-state index in [2.05, 4.69) is 0 Å². The summed E-state index contributed by atoms with van der Waals surface area (Å²) in [7, 11) is 0. The molecule has 3 rings (SSSR count). The quantitative estimate of drug-likeness (QED) is 0.588. The van der Waals surface area contributed by atoms with Crippen molar-refractivity contribution in [1.29, 1.82) is 0 Å². The number of hydrogen-bond acceptors (Lipinski definition) is 7. The molecule has 0 amide bonds. The van der Waals surface area contributed by atoms with Gasteiger partial charge in [-0.15, -0.1) is 0 Å². The standard InChI is InChI=1S/C21H20O7/c1-12(22)25-16-6-4-15-5-9-19(28-20(15)10-16)18-8-7-17(26-13(2)23)11-21(18)27-14(3)24/h4,6-8,10-11,19H,5,9H2,1-3H3. The van der Waals surface area contributed by atoms with Crippen LogP contribution in [0, 0.1) is 0 Å². The first-order chi connectivity index (χ1) is 13.3. The second kappa shape index (κ2) is 8.12. The topological polar surface area (TPSA) is 88.1 Å². The van der Waals surface area contributed by atoms with E-state index in [0.29, 0.717) is 23.5 Å². The van der Waals surface area contributed by atoms with Crippen LogP contribution in [0.25, 0.3) is 0 Å². The van der Waals surface area contributed by atoms with E-state index in [9.17, 15) is 14.4 Å². The third-order valence-corrected chi connectivity index (χ3v) is 4.09. The van der Waals surface area contributed by atoms with E-state index in [4.69, 9.17) is 18.9 Å². The Morgan fingerprint density at radius 3 is 2.11 bits per heavy atom.